The molecule has 0 fully saturated rings. The molecule has 0 aliphatic heterocycles. The molecule has 0 saturated heterocycles. The normalized spacial score (nSPS) is 20.1. The molecule has 0 amide bonds. The van der Waals surface area contributed by atoms with Gasteiger partial charge in [-0.1, -0.05) is 83.9 Å². The smallest absolute Gasteiger partial charge is 0.0595 e. The van der Waals surface area contributed by atoms with Crippen molar-refractivity contribution in [1.29, 1.82) is 0 Å². The Labute approximate surface area is 171 Å². The molecular weight excluding hydrogens is 373 g/mol. The lowest BCUT2D eigenvalue weighted by Gasteiger charge is -2.34. The number of halogens is 2. The van der Waals surface area contributed by atoms with Crippen molar-refractivity contribution in [3.63, 3.8) is 0 Å². The van der Waals surface area contributed by atoms with Gasteiger partial charge in [0.1, 0.15) is 0 Å². The van der Waals surface area contributed by atoms with Gasteiger partial charge in [0.15, 0.2) is 0 Å². The Hall–Kier alpha value is -1.80. The molecule has 1 aliphatic carbocycles. The van der Waals surface area contributed by atoms with Gasteiger partial charge in [-0.2, -0.15) is 0 Å². The number of fused-ring (bicyclic) bond motifs is 1. The van der Waals surface area contributed by atoms with Crippen molar-refractivity contribution < 1.29 is 0 Å². The Balaban J connectivity index is 1.62. The van der Waals surface area contributed by atoms with E-state index in [9.17, 15) is 0 Å². The van der Waals surface area contributed by atoms with E-state index in [2.05, 4.69) is 72.9 Å². The molecule has 0 spiro atoms. The lowest BCUT2D eigenvalue weighted by molar-refractivity contribution is 0.402. The van der Waals surface area contributed by atoms with Gasteiger partial charge in [-0.15, -0.1) is 0 Å². The van der Waals surface area contributed by atoms with E-state index in [1.54, 1.807) is 0 Å². The maximum Gasteiger partial charge on any atom is 0.0595 e. The molecule has 3 aromatic rings. The van der Waals surface area contributed by atoms with E-state index in [0.29, 0.717) is 28.0 Å². The fourth-order valence-electron chi connectivity index (χ4n) is 4.18. The monoisotopic (exact) mass is 395 g/mol. The Morgan fingerprint density at radius 2 is 1.52 bits per heavy atom. The zero-order valence-electron chi connectivity index (χ0n) is 15.3. The van der Waals surface area contributed by atoms with Crippen LogP contribution >= 0.6 is 23.2 Å². The van der Waals surface area contributed by atoms with Crippen LogP contribution in [0.2, 0.25) is 10.0 Å². The van der Waals surface area contributed by atoms with Crippen molar-refractivity contribution >= 4 is 23.2 Å². The summed E-state index contributed by atoms with van der Waals surface area (Å²) >= 11 is 12.4. The van der Waals surface area contributed by atoms with Gasteiger partial charge in [0.25, 0.3) is 0 Å². The van der Waals surface area contributed by atoms with Gasteiger partial charge in [0.05, 0.1) is 10.0 Å². The van der Waals surface area contributed by atoms with Crippen LogP contribution in [0.25, 0.3) is 0 Å². The van der Waals surface area contributed by atoms with E-state index in [-0.39, 0.29) is 0 Å². The Bertz CT molecular complexity index is 923. The Morgan fingerprint density at radius 3 is 2.26 bits per heavy atom. The van der Waals surface area contributed by atoms with Crippen LogP contribution in [0.5, 0.6) is 0 Å². The van der Waals surface area contributed by atoms with E-state index in [1.807, 2.05) is 12.1 Å². The summed E-state index contributed by atoms with van der Waals surface area (Å²) in [6, 6.07) is 26.1. The van der Waals surface area contributed by atoms with E-state index in [0.717, 1.165) is 12.8 Å². The summed E-state index contributed by atoms with van der Waals surface area (Å²) in [5, 5.41) is 5.08. The van der Waals surface area contributed by atoms with Crippen LogP contribution in [0.1, 0.15) is 60.0 Å². The second-order valence-corrected chi connectivity index (χ2v) is 8.10. The first-order valence-corrected chi connectivity index (χ1v) is 10.2. The zero-order valence-corrected chi connectivity index (χ0v) is 16.8. The van der Waals surface area contributed by atoms with Gasteiger partial charge in [-0.05, 0) is 54.2 Å². The standard InChI is InChI=1S/C24H23Cl2N/c1-16(17-7-3-2-4-8-17)27-24-14-12-19(20-9-5-6-10-21(20)24)18-11-13-22(25)23(26)15-18/h2-11,13,15-16,19,24,27H,12,14H2,1H3/t16?,19-,24+/m0/s1. The average molecular weight is 396 g/mol. The van der Waals surface area contributed by atoms with Crippen molar-refractivity contribution in [1.82, 2.24) is 5.32 Å². The van der Waals surface area contributed by atoms with Crippen LogP contribution in [0.15, 0.2) is 72.8 Å². The summed E-state index contributed by atoms with van der Waals surface area (Å²) in [5.41, 5.74) is 5.34. The van der Waals surface area contributed by atoms with Gasteiger partial charge < -0.3 is 5.32 Å². The molecule has 0 bridgehead atoms. The molecule has 0 radical (unpaired) electrons. The van der Waals surface area contributed by atoms with E-state index >= 15 is 0 Å². The van der Waals surface area contributed by atoms with Crippen LogP contribution < -0.4 is 5.32 Å². The predicted molar refractivity (Wildman–Crippen MR) is 115 cm³/mol. The van der Waals surface area contributed by atoms with Crippen molar-refractivity contribution in [2.45, 2.75) is 37.8 Å². The van der Waals surface area contributed by atoms with Gasteiger partial charge >= 0.3 is 0 Å². The fraction of sp³-hybridized carbons (Fsp3) is 0.250. The largest absolute Gasteiger partial charge is 0.303 e. The summed E-state index contributed by atoms with van der Waals surface area (Å²) in [6.07, 6.45) is 2.19. The highest BCUT2D eigenvalue weighted by Crippen LogP contribution is 2.43. The number of rotatable bonds is 4. The topological polar surface area (TPSA) is 12.0 Å². The molecular formula is C24H23Cl2N. The summed E-state index contributed by atoms with van der Waals surface area (Å²) in [7, 11) is 0. The average Bonchev–Trinajstić information content (AvgIpc) is 2.71. The fourth-order valence-corrected chi connectivity index (χ4v) is 4.48. The first kappa shape index (κ1) is 18.6. The minimum Gasteiger partial charge on any atom is -0.303 e. The molecule has 1 unspecified atom stereocenters. The van der Waals surface area contributed by atoms with E-state index in [4.69, 9.17) is 23.2 Å². The van der Waals surface area contributed by atoms with Crippen molar-refractivity contribution in [2.24, 2.45) is 0 Å². The van der Waals surface area contributed by atoms with Gasteiger partial charge in [0.2, 0.25) is 0 Å². The summed E-state index contributed by atoms with van der Waals surface area (Å²) in [5.74, 6) is 0.362. The van der Waals surface area contributed by atoms with E-state index in [1.165, 1.54) is 22.3 Å². The van der Waals surface area contributed by atoms with Crippen molar-refractivity contribution in [2.75, 3.05) is 0 Å². The highest BCUT2D eigenvalue weighted by Gasteiger charge is 2.29. The molecule has 0 saturated carbocycles. The third kappa shape index (κ3) is 3.91. The van der Waals surface area contributed by atoms with E-state index < -0.39 is 0 Å². The van der Waals surface area contributed by atoms with Gasteiger partial charge in [0, 0.05) is 18.0 Å². The molecule has 4 rings (SSSR count). The first-order chi connectivity index (χ1) is 13.1. The number of benzene rings is 3. The second kappa shape index (κ2) is 8.06. The molecule has 0 aromatic heterocycles. The zero-order chi connectivity index (χ0) is 18.8. The SMILES string of the molecule is CC(N[C@@H]1CC[C@@H](c2ccc(Cl)c(Cl)c2)c2ccccc21)c1ccccc1. The molecule has 1 aliphatic rings. The number of nitrogens with one attached hydrogen (secondary N) is 1. The second-order valence-electron chi connectivity index (χ2n) is 7.28. The first-order valence-electron chi connectivity index (χ1n) is 9.48. The Morgan fingerprint density at radius 1 is 0.815 bits per heavy atom. The maximum atomic E-state index is 6.28. The van der Waals surface area contributed by atoms with Crippen LogP contribution in [0.4, 0.5) is 0 Å². The summed E-state index contributed by atoms with van der Waals surface area (Å²) in [4.78, 5) is 0. The number of hydrogen-bond acceptors (Lipinski definition) is 1. The van der Waals surface area contributed by atoms with Gasteiger partial charge in [-0.3, -0.25) is 0 Å². The molecule has 3 heteroatoms. The highest BCUT2D eigenvalue weighted by atomic mass is 35.5. The molecule has 138 valence electrons. The quantitative estimate of drug-likeness (QED) is 0.487. The molecule has 1 N–H and O–H groups in total. The van der Waals surface area contributed by atoms with Crippen LogP contribution in [0, 0.1) is 0 Å². The van der Waals surface area contributed by atoms with Crippen molar-refractivity contribution in [3.05, 3.63) is 105 Å². The summed E-state index contributed by atoms with van der Waals surface area (Å²) in [6.45, 7) is 2.24. The van der Waals surface area contributed by atoms with Crippen LogP contribution in [-0.2, 0) is 0 Å². The molecule has 3 atom stereocenters. The molecule has 1 nitrogen and oxygen atoms in total. The minimum absolute atomic E-state index is 0.311. The minimum atomic E-state index is 0.311. The third-order valence-corrected chi connectivity index (χ3v) is 6.33. The van der Waals surface area contributed by atoms with Crippen LogP contribution in [0.3, 0.4) is 0 Å². The molecule has 0 heterocycles. The predicted octanol–water partition coefficient (Wildman–Crippen LogP) is 7.31. The van der Waals surface area contributed by atoms with Gasteiger partial charge in [-0.25, -0.2) is 0 Å². The number of hydrogen-bond donors (Lipinski definition) is 1. The lowest BCUT2D eigenvalue weighted by Crippen LogP contribution is -2.29. The maximum absolute atomic E-state index is 6.28. The third-order valence-electron chi connectivity index (χ3n) is 5.59. The molecule has 27 heavy (non-hydrogen) atoms. The lowest BCUT2D eigenvalue weighted by atomic mass is 9.76. The van der Waals surface area contributed by atoms with Crippen molar-refractivity contribution in [3.8, 4) is 0 Å². The Kier molecular flexibility index (Phi) is 5.54. The highest BCUT2D eigenvalue weighted by molar-refractivity contribution is 6.42. The molecule has 3 aromatic carbocycles. The van der Waals surface area contributed by atoms with Crippen LogP contribution in [-0.4, -0.2) is 0 Å². The summed E-state index contributed by atoms with van der Waals surface area (Å²) < 4.78 is 0.